The van der Waals surface area contributed by atoms with Crippen molar-refractivity contribution < 1.29 is 4.74 Å². The van der Waals surface area contributed by atoms with E-state index in [0.29, 0.717) is 12.1 Å². The molecule has 0 radical (unpaired) electrons. The minimum absolute atomic E-state index is 0.362. The first-order chi connectivity index (χ1) is 10.0. The van der Waals surface area contributed by atoms with Crippen molar-refractivity contribution in [3.05, 3.63) is 0 Å². The van der Waals surface area contributed by atoms with Crippen LogP contribution in [0, 0.1) is 5.92 Å². The van der Waals surface area contributed by atoms with E-state index in [1.165, 1.54) is 52.2 Å². The average Bonchev–Trinajstić information content (AvgIpc) is 2.86. The monoisotopic (exact) mass is 297 g/mol. The van der Waals surface area contributed by atoms with Gasteiger partial charge in [-0.1, -0.05) is 0 Å². The molecule has 0 aromatic rings. The molecule has 21 heavy (non-hydrogen) atoms. The van der Waals surface area contributed by atoms with Crippen LogP contribution >= 0.6 is 0 Å². The molecule has 0 amide bonds. The molecule has 1 unspecified atom stereocenters. The van der Waals surface area contributed by atoms with Gasteiger partial charge >= 0.3 is 0 Å². The highest BCUT2D eigenvalue weighted by Crippen LogP contribution is 2.18. The topological polar surface area (TPSA) is 19.0 Å². The van der Waals surface area contributed by atoms with Gasteiger partial charge in [-0.25, -0.2) is 0 Å². The number of likely N-dealkylation sites (tertiary alicyclic amines) is 1. The van der Waals surface area contributed by atoms with Gasteiger partial charge in [-0.2, -0.15) is 0 Å². The van der Waals surface area contributed by atoms with Gasteiger partial charge in [0.2, 0.25) is 0 Å². The number of piperazine rings is 1. The van der Waals surface area contributed by atoms with Crippen molar-refractivity contribution in [2.45, 2.75) is 46.3 Å². The van der Waals surface area contributed by atoms with Crippen LogP contribution in [-0.2, 0) is 4.74 Å². The van der Waals surface area contributed by atoms with Crippen LogP contribution in [-0.4, -0.2) is 85.8 Å². The molecule has 0 N–H and O–H groups in total. The Morgan fingerprint density at radius 3 is 2.29 bits per heavy atom. The van der Waals surface area contributed by atoms with Crippen molar-refractivity contribution in [2.24, 2.45) is 5.92 Å². The summed E-state index contributed by atoms with van der Waals surface area (Å²) in [6.07, 6.45) is 1.73. The minimum atomic E-state index is 0.362. The molecule has 0 aliphatic carbocycles. The number of nitrogens with zero attached hydrogens (tertiary/aromatic N) is 3. The van der Waals surface area contributed by atoms with E-state index in [1.54, 1.807) is 0 Å². The van der Waals surface area contributed by atoms with Gasteiger partial charge in [0, 0.05) is 51.9 Å². The lowest BCUT2D eigenvalue weighted by Crippen LogP contribution is -2.50. The second kappa shape index (κ2) is 8.47. The van der Waals surface area contributed by atoms with E-state index in [4.69, 9.17) is 4.74 Å². The van der Waals surface area contributed by atoms with E-state index in [2.05, 4.69) is 42.4 Å². The lowest BCUT2D eigenvalue weighted by molar-refractivity contribution is 0.0616. The van der Waals surface area contributed by atoms with Crippen LogP contribution in [0.3, 0.4) is 0 Å². The molecule has 2 rings (SSSR count). The molecule has 2 heterocycles. The maximum atomic E-state index is 5.67. The smallest absolute Gasteiger partial charge is 0.0596 e. The van der Waals surface area contributed by atoms with Crippen molar-refractivity contribution >= 4 is 0 Å². The van der Waals surface area contributed by atoms with Gasteiger partial charge in [0.05, 0.1) is 12.7 Å². The van der Waals surface area contributed by atoms with Crippen LogP contribution in [0.15, 0.2) is 0 Å². The third kappa shape index (κ3) is 5.85. The predicted octanol–water partition coefficient (Wildman–Crippen LogP) is 1.76. The summed E-state index contributed by atoms with van der Waals surface area (Å²) in [5.41, 5.74) is 0. The first kappa shape index (κ1) is 17.2. The summed E-state index contributed by atoms with van der Waals surface area (Å²) < 4.78 is 5.67. The largest absolute Gasteiger partial charge is 0.377 e. The molecule has 0 aromatic carbocycles. The molecule has 4 nitrogen and oxygen atoms in total. The maximum absolute atomic E-state index is 5.67. The van der Waals surface area contributed by atoms with E-state index in [-0.39, 0.29) is 0 Å². The Morgan fingerprint density at radius 2 is 1.67 bits per heavy atom. The van der Waals surface area contributed by atoms with Crippen LogP contribution < -0.4 is 0 Å². The summed E-state index contributed by atoms with van der Waals surface area (Å²) in [5, 5.41) is 0. The van der Waals surface area contributed by atoms with Gasteiger partial charge in [-0.05, 0) is 46.6 Å². The molecular weight excluding hydrogens is 262 g/mol. The normalized spacial score (nSPS) is 26.3. The van der Waals surface area contributed by atoms with Gasteiger partial charge in [-0.3, -0.25) is 4.90 Å². The van der Waals surface area contributed by atoms with Gasteiger partial charge in [0.15, 0.2) is 0 Å². The first-order valence-electron chi connectivity index (χ1n) is 8.85. The number of rotatable bonds is 7. The van der Waals surface area contributed by atoms with Crippen molar-refractivity contribution in [2.75, 3.05) is 59.0 Å². The SMILES string of the molecule is CC(C)OCCN1CCC(CN2CCN(C(C)C)CC2)C1. The van der Waals surface area contributed by atoms with E-state index >= 15 is 0 Å². The quantitative estimate of drug-likeness (QED) is 0.713. The lowest BCUT2D eigenvalue weighted by Gasteiger charge is -2.37. The Labute approximate surface area is 131 Å². The molecule has 0 saturated carbocycles. The van der Waals surface area contributed by atoms with Crippen molar-refractivity contribution in [3.8, 4) is 0 Å². The molecule has 2 aliphatic rings. The molecule has 2 saturated heterocycles. The Morgan fingerprint density at radius 1 is 0.952 bits per heavy atom. The molecule has 0 spiro atoms. The van der Waals surface area contributed by atoms with Crippen LogP contribution in [0.4, 0.5) is 0 Å². The summed E-state index contributed by atoms with van der Waals surface area (Å²) in [6, 6.07) is 0.704. The summed E-state index contributed by atoms with van der Waals surface area (Å²) in [7, 11) is 0. The van der Waals surface area contributed by atoms with Crippen molar-refractivity contribution in [1.82, 2.24) is 14.7 Å². The standard InChI is InChI=1S/C17H35N3O/c1-15(2)20-9-7-19(8-10-20)14-17-5-6-18(13-17)11-12-21-16(3)4/h15-17H,5-14H2,1-4H3. The summed E-state index contributed by atoms with van der Waals surface area (Å²) >= 11 is 0. The van der Waals surface area contributed by atoms with E-state index in [9.17, 15) is 0 Å². The molecule has 1 atom stereocenters. The van der Waals surface area contributed by atoms with E-state index in [0.717, 1.165) is 19.1 Å². The summed E-state index contributed by atoms with van der Waals surface area (Å²) in [5.74, 6) is 0.870. The second-order valence-corrected chi connectivity index (χ2v) is 7.31. The third-order valence-electron chi connectivity index (χ3n) is 4.88. The Hall–Kier alpha value is -0.160. The van der Waals surface area contributed by atoms with E-state index < -0.39 is 0 Å². The zero-order chi connectivity index (χ0) is 15.2. The molecular formula is C17H35N3O. The van der Waals surface area contributed by atoms with Gasteiger partial charge in [-0.15, -0.1) is 0 Å². The first-order valence-corrected chi connectivity index (χ1v) is 8.85. The highest BCUT2D eigenvalue weighted by Gasteiger charge is 2.26. The molecule has 124 valence electrons. The second-order valence-electron chi connectivity index (χ2n) is 7.31. The molecule has 2 aliphatic heterocycles. The number of hydrogen-bond donors (Lipinski definition) is 0. The molecule has 2 fully saturated rings. The Kier molecular flexibility index (Phi) is 6.93. The lowest BCUT2D eigenvalue weighted by atomic mass is 10.1. The fourth-order valence-electron chi connectivity index (χ4n) is 3.51. The Bertz CT molecular complexity index is 288. The third-order valence-corrected chi connectivity index (χ3v) is 4.88. The summed E-state index contributed by atoms with van der Waals surface area (Å²) in [6.45, 7) is 19.7. The number of ether oxygens (including phenoxy) is 1. The minimum Gasteiger partial charge on any atom is -0.377 e. The maximum Gasteiger partial charge on any atom is 0.0596 e. The van der Waals surface area contributed by atoms with Crippen LogP contribution in [0.25, 0.3) is 0 Å². The van der Waals surface area contributed by atoms with Crippen molar-refractivity contribution in [1.29, 1.82) is 0 Å². The fraction of sp³-hybridized carbons (Fsp3) is 1.00. The van der Waals surface area contributed by atoms with Crippen molar-refractivity contribution in [3.63, 3.8) is 0 Å². The highest BCUT2D eigenvalue weighted by atomic mass is 16.5. The summed E-state index contributed by atoms with van der Waals surface area (Å²) in [4.78, 5) is 7.86. The van der Waals surface area contributed by atoms with Crippen LogP contribution in [0.5, 0.6) is 0 Å². The predicted molar refractivity (Wildman–Crippen MR) is 88.8 cm³/mol. The van der Waals surface area contributed by atoms with Gasteiger partial charge in [0.1, 0.15) is 0 Å². The molecule has 0 bridgehead atoms. The highest BCUT2D eigenvalue weighted by molar-refractivity contribution is 4.81. The molecule has 0 aromatic heterocycles. The van der Waals surface area contributed by atoms with Crippen LogP contribution in [0.2, 0.25) is 0 Å². The molecule has 4 heteroatoms. The zero-order valence-corrected chi connectivity index (χ0v) is 14.6. The zero-order valence-electron chi connectivity index (χ0n) is 14.6. The Balaban J connectivity index is 1.60. The average molecular weight is 297 g/mol. The fourth-order valence-corrected chi connectivity index (χ4v) is 3.51. The number of hydrogen-bond acceptors (Lipinski definition) is 4. The van der Waals surface area contributed by atoms with E-state index in [1.807, 2.05) is 0 Å². The van der Waals surface area contributed by atoms with Gasteiger partial charge in [0.25, 0.3) is 0 Å². The van der Waals surface area contributed by atoms with Crippen LogP contribution in [0.1, 0.15) is 34.1 Å². The van der Waals surface area contributed by atoms with Gasteiger partial charge < -0.3 is 14.5 Å².